The molecule has 0 unspecified atom stereocenters. The molecule has 2 aliphatic rings. The van der Waals surface area contributed by atoms with Crippen LogP contribution in [0.1, 0.15) is 24.6 Å². The molecule has 0 saturated carbocycles. The van der Waals surface area contributed by atoms with Crippen LogP contribution in [0.2, 0.25) is 0 Å². The van der Waals surface area contributed by atoms with Gasteiger partial charge in [-0.1, -0.05) is 6.58 Å². The van der Waals surface area contributed by atoms with Gasteiger partial charge in [0.25, 0.3) is 0 Å². The fourth-order valence-electron chi connectivity index (χ4n) is 4.57. The minimum atomic E-state index is -0.335. The lowest BCUT2D eigenvalue weighted by molar-refractivity contribution is -0.126. The van der Waals surface area contributed by atoms with Gasteiger partial charge in [-0.2, -0.15) is 9.97 Å². The minimum Gasteiger partial charge on any atom is -0.464 e. The first-order valence-corrected chi connectivity index (χ1v) is 11.6. The van der Waals surface area contributed by atoms with Gasteiger partial charge in [0.05, 0.1) is 12.3 Å². The predicted molar refractivity (Wildman–Crippen MR) is 128 cm³/mol. The second-order valence-corrected chi connectivity index (χ2v) is 8.52. The first-order chi connectivity index (χ1) is 16.4. The minimum absolute atomic E-state index is 0.0214. The topological polar surface area (TPSA) is 78.9 Å². The Morgan fingerprint density at radius 1 is 1.21 bits per heavy atom. The van der Waals surface area contributed by atoms with Gasteiger partial charge in [-0.05, 0) is 50.1 Å². The molecule has 0 bridgehead atoms. The summed E-state index contributed by atoms with van der Waals surface area (Å²) in [7, 11) is 1.71. The van der Waals surface area contributed by atoms with E-state index in [0.717, 1.165) is 17.1 Å². The zero-order valence-corrected chi connectivity index (χ0v) is 19.7. The summed E-state index contributed by atoms with van der Waals surface area (Å²) >= 11 is 0. The number of carbonyl (C=O) groups is 2. The Kier molecular flexibility index (Phi) is 7.09. The summed E-state index contributed by atoms with van der Waals surface area (Å²) in [6.07, 6.45) is 3.19. The molecule has 1 aliphatic heterocycles. The molecule has 34 heavy (non-hydrogen) atoms. The molecular formula is C25H30FN5O3. The number of piperazine rings is 1. The van der Waals surface area contributed by atoms with Gasteiger partial charge in [-0.3, -0.25) is 9.59 Å². The summed E-state index contributed by atoms with van der Waals surface area (Å²) in [5.41, 5.74) is 2.53. The fraction of sp³-hybridized carbons (Fsp3) is 0.440. The highest BCUT2D eigenvalue weighted by molar-refractivity contribution is 5.94. The monoisotopic (exact) mass is 467 g/mol. The van der Waals surface area contributed by atoms with E-state index in [2.05, 4.69) is 21.4 Å². The molecule has 0 spiro atoms. The van der Waals surface area contributed by atoms with Crippen LogP contribution < -0.4 is 14.5 Å². The van der Waals surface area contributed by atoms with Gasteiger partial charge < -0.3 is 19.4 Å². The number of hydrogen-bond acceptors (Lipinski definition) is 6. The number of rotatable bonds is 6. The standard InChI is InChI=1S/C25H30FN5O3/c1-4-22(32)30-12-14-31(15-13-30)23-20-11-6-17(16-21(20)27-25(28-23)34-5-2)24(33)29(3)19-9-7-18(26)8-10-19/h4,7-10,17H,1,5-6,11-16H2,2-3H3/t17-/m1/s1. The van der Waals surface area contributed by atoms with Crippen LogP contribution in [0.25, 0.3) is 0 Å². The van der Waals surface area contributed by atoms with Crippen molar-refractivity contribution < 1.29 is 18.7 Å². The molecule has 0 radical (unpaired) electrons. The van der Waals surface area contributed by atoms with Crippen molar-refractivity contribution in [1.82, 2.24) is 14.9 Å². The highest BCUT2D eigenvalue weighted by Crippen LogP contribution is 2.34. The van der Waals surface area contributed by atoms with E-state index in [-0.39, 0.29) is 23.5 Å². The molecule has 8 nitrogen and oxygen atoms in total. The number of amides is 2. The van der Waals surface area contributed by atoms with Crippen molar-refractivity contribution in [2.24, 2.45) is 5.92 Å². The number of aromatic nitrogens is 2. The quantitative estimate of drug-likeness (QED) is 0.608. The molecule has 0 N–H and O–H groups in total. The maximum absolute atomic E-state index is 13.3. The third-order valence-electron chi connectivity index (χ3n) is 6.47. The number of ether oxygens (including phenoxy) is 1. The zero-order chi connectivity index (χ0) is 24.2. The molecule has 1 saturated heterocycles. The molecule has 1 fully saturated rings. The second kappa shape index (κ2) is 10.2. The van der Waals surface area contributed by atoms with Crippen molar-refractivity contribution in [3.63, 3.8) is 0 Å². The summed E-state index contributed by atoms with van der Waals surface area (Å²) < 4.78 is 18.9. The molecule has 2 aromatic rings. The number of hydrogen-bond donors (Lipinski definition) is 0. The molecule has 4 rings (SSSR count). The van der Waals surface area contributed by atoms with E-state index in [1.54, 1.807) is 29.0 Å². The van der Waals surface area contributed by atoms with Crippen LogP contribution in [0, 0.1) is 11.7 Å². The number of fused-ring (bicyclic) bond motifs is 1. The lowest BCUT2D eigenvalue weighted by Crippen LogP contribution is -2.49. The molecule has 9 heteroatoms. The van der Waals surface area contributed by atoms with E-state index in [0.29, 0.717) is 63.7 Å². The molecule has 180 valence electrons. The van der Waals surface area contributed by atoms with Crippen molar-refractivity contribution in [2.75, 3.05) is 49.6 Å². The Hall–Kier alpha value is -3.49. The Bertz CT molecular complexity index is 1070. The smallest absolute Gasteiger partial charge is 0.318 e. The van der Waals surface area contributed by atoms with Gasteiger partial charge in [0.1, 0.15) is 11.6 Å². The largest absolute Gasteiger partial charge is 0.464 e. The predicted octanol–water partition coefficient (Wildman–Crippen LogP) is 2.62. The third kappa shape index (κ3) is 4.88. The van der Waals surface area contributed by atoms with E-state index in [1.165, 1.54) is 18.2 Å². The summed E-state index contributed by atoms with van der Waals surface area (Å²) in [4.78, 5) is 40.0. The van der Waals surface area contributed by atoms with E-state index < -0.39 is 0 Å². The molecule has 1 aromatic heterocycles. The highest BCUT2D eigenvalue weighted by Gasteiger charge is 2.33. The van der Waals surface area contributed by atoms with Crippen LogP contribution in [0.15, 0.2) is 36.9 Å². The summed E-state index contributed by atoms with van der Waals surface area (Å²) in [5.74, 6) is 0.176. The van der Waals surface area contributed by atoms with Gasteiger partial charge in [0.2, 0.25) is 11.8 Å². The van der Waals surface area contributed by atoms with Crippen molar-refractivity contribution in [2.45, 2.75) is 26.2 Å². The van der Waals surface area contributed by atoms with E-state index in [9.17, 15) is 14.0 Å². The Morgan fingerprint density at radius 2 is 1.91 bits per heavy atom. The molecule has 2 amide bonds. The molecule has 1 aliphatic carbocycles. The highest BCUT2D eigenvalue weighted by atomic mass is 19.1. The first-order valence-electron chi connectivity index (χ1n) is 11.6. The Labute approximate surface area is 199 Å². The van der Waals surface area contributed by atoms with Gasteiger partial charge in [-0.15, -0.1) is 0 Å². The van der Waals surface area contributed by atoms with Crippen LogP contribution in [0.5, 0.6) is 6.01 Å². The van der Waals surface area contributed by atoms with Crippen LogP contribution in [-0.2, 0) is 22.4 Å². The summed E-state index contributed by atoms with van der Waals surface area (Å²) in [5, 5.41) is 0. The molecular weight excluding hydrogens is 437 g/mol. The van der Waals surface area contributed by atoms with Crippen molar-refractivity contribution in [3.8, 4) is 6.01 Å². The van der Waals surface area contributed by atoms with Gasteiger partial charge >= 0.3 is 6.01 Å². The lowest BCUT2D eigenvalue weighted by atomic mass is 9.85. The van der Waals surface area contributed by atoms with Crippen LogP contribution in [-0.4, -0.2) is 66.5 Å². The van der Waals surface area contributed by atoms with Gasteiger partial charge in [0.15, 0.2) is 0 Å². The van der Waals surface area contributed by atoms with Crippen molar-refractivity contribution >= 4 is 23.3 Å². The number of halogens is 1. The normalized spacial score (nSPS) is 17.7. The van der Waals surface area contributed by atoms with E-state index in [4.69, 9.17) is 4.74 Å². The maximum atomic E-state index is 13.3. The SMILES string of the molecule is C=CC(=O)N1CCN(c2nc(OCC)nc3c2CC[C@@H](C(=O)N(C)c2ccc(F)cc2)C3)CC1. The van der Waals surface area contributed by atoms with Crippen molar-refractivity contribution in [1.29, 1.82) is 0 Å². The number of nitrogens with zero attached hydrogens (tertiary/aromatic N) is 5. The third-order valence-corrected chi connectivity index (χ3v) is 6.47. The summed E-state index contributed by atoms with van der Waals surface area (Å²) in [6, 6.07) is 6.22. The van der Waals surface area contributed by atoms with E-state index in [1.807, 2.05) is 6.92 Å². The van der Waals surface area contributed by atoms with E-state index >= 15 is 0 Å². The summed E-state index contributed by atoms with van der Waals surface area (Å²) in [6.45, 7) is 8.39. The zero-order valence-electron chi connectivity index (χ0n) is 19.7. The first kappa shape index (κ1) is 23.7. The number of anilines is 2. The van der Waals surface area contributed by atoms with Gasteiger partial charge in [-0.25, -0.2) is 4.39 Å². The Morgan fingerprint density at radius 3 is 2.56 bits per heavy atom. The average Bonchev–Trinajstić information content (AvgIpc) is 2.87. The van der Waals surface area contributed by atoms with Crippen LogP contribution in [0.4, 0.5) is 15.9 Å². The number of carbonyl (C=O) groups excluding carboxylic acids is 2. The fourth-order valence-corrected chi connectivity index (χ4v) is 4.57. The Balaban J connectivity index is 1.55. The lowest BCUT2D eigenvalue weighted by Gasteiger charge is -2.37. The average molecular weight is 468 g/mol. The second-order valence-electron chi connectivity index (χ2n) is 8.52. The number of benzene rings is 1. The maximum Gasteiger partial charge on any atom is 0.318 e. The molecule has 2 heterocycles. The molecule has 1 atom stereocenters. The van der Waals surface area contributed by atoms with Gasteiger partial charge in [0, 0.05) is 56.8 Å². The molecule has 1 aromatic carbocycles. The van der Waals surface area contributed by atoms with Crippen LogP contribution >= 0.6 is 0 Å². The van der Waals surface area contributed by atoms with Crippen molar-refractivity contribution in [3.05, 3.63) is 54.0 Å². The van der Waals surface area contributed by atoms with Crippen LogP contribution in [0.3, 0.4) is 0 Å².